The van der Waals surface area contributed by atoms with Crippen LogP contribution in [0.25, 0.3) is 11.4 Å². The number of rotatable bonds is 5. The van der Waals surface area contributed by atoms with Crippen LogP contribution < -0.4 is 10.6 Å². The van der Waals surface area contributed by atoms with Gasteiger partial charge in [0, 0.05) is 29.4 Å². The van der Waals surface area contributed by atoms with E-state index in [1.54, 1.807) is 16.9 Å². The van der Waals surface area contributed by atoms with Gasteiger partial charge >= 0.3 is 6.03 Å². The number of hydrogen-bond donors (Lipinski definition) is 2. The van der Waals surface area contributed by atoms with Gasteiger partial charge in [-0.05, 0) is 0 Å². The highest BCUT2D eigenvalue weighted by Gasteiger charge is 2.10. The fourth-order valence-electron chi connectivity index (χ4n) is 1.94. The van der Waals surface area contributed by atoms with Gasteiger partial charge in [-0.25, -0.2) is 4.79 Å². The molecule has 120 valence electrons. The number of carbonyl (C=O) groups is 1. The Bertz CT molecular complexity index is 865. The summed E-state index contributed by atoms with van der Waals surface area (Å²) in [6.07, 6.45) is 2.06. The first-order chi connectivity index (χ1) is 11.7. The van der Waals surface area contributed by atoms with Crippen LogP contribution in [0, 0.1) is 11.3 Å². The molecule has 3 aromatic rings. The number of carbonyl (C=O) groups excluding carboxylic acids is 1. The number of aromatic nitrogens is 4. The number of nitriles is 1. The Labute approximate surface area is 141 Å². The average molecular weight is 339 g/mol. The van der Waals surface area contributed by atoms with Gasteiger partial charge in [0.2, 0.25) is 5.13 Å². The van der Waals surface area contributed by atoms with Crippen molar-refractivity contribution >= 4 is 28.5 Å². The summed E-state index contributed by atoms with van der Waals surface area (Å²) in [6, 6.07) is 12.8. The van der Waals surface area contributed by atoms with Crippen molar-refractivity contribution in [2.24, 2.45) is 0 Å². The zero-order chi connectivity index (χ0) is 16.8. The molecule has 0 saturated carbocycles. The Balaban J connectivity index is 1.58. The standard InChI is InChI=1S/C15H13N7OS/c16-8-4-9-22-10-7-12(20-22)17-14(23)19-15-18-13(21-24-15)11-5-2-1-3-6-11/h1-3,5-7,10H,4,9H2,(H2,17,18,19,20,21,23). The molecule has 9 heteroatoms. The minimum absolute atomic E-state index is 0.361. The summed E-state index contributed by atoms with van der Waals surface area (Å²) in [7, 11) is 0. The molecule has 2 heterocycles. The van der Waals surface area contributed by atoms with E-state index < -0.39 is 6.03 Å². The summed E-state index contributed by atoms with van der Waals surface area (Å²) < 4.78 is 5.82. The average Bonchev–Trinajstić information content (AvgIpc) is 3.23. The van der Waals surface area contributed by atoms with Gasteiger partial charge in [0.05, 0.1) is 19.0 Å². The van der Waals surface area contributed by atoms with Crippen LogP contribution in [-0.2, 0) is 6.54 Å². The van der Waals surface area contributed by atoms with E-state index in [1.807, 2.05) is 36.4 Å². The molecule has 0 aliphatic rings. The zero-order valence-electron chi connectivity index (χ0n) is 12.5. The van der Waals surface area contributed by atoms with Gasteiger partial charge in [0.25, 0.3) is 0 Å². The molecule has 0 fully saturated rings. The van der Waals surface area contributed by atoms with Gasteiger partial charge in [0.15, 0.2) is 11.6 Å². The third kappa shape index (κ3) is 3.93. The lowest BCUT2D eigenvalue weighted by Gasteiger charge is -2.01. The highest BCUT2D eigenvalue weighted by atomic mass is 32.1. The number of nitrogens with zero attached hydrogens (tertiary/aromatic N) is 5. The lowest BCUT2D eigenvalue weighted by molar-refractivity contribution is 0.262. The highest BCUT2D eigenvalue weighted by molar-refractivity contribution is 7.10. The van der Waals surface area contributed by atoms with Crippen molar-refractivity contribution in [1.29, 1.82) is 5.26 Å². The van der Waals surface area contributed by atoms with E-state index in [0.717, 1.165) is 17.1 Å². The molecule has 24 heavy (non-hydrogen) atoms. The number of benzene rings is 1. The van der Waals surface area contributed by atoms with Crippen molar-refractivity contribution in [3.8, 4) is 17.5 Å². The molecule has 0 saturated heterocycles. The van der Waals surface area contributed by atoms with Crippen LogP contribution in [0.3, 0.4) is 0 Å². The Hall–Kier alpha value is -3.25. The second kappa shape index (κ2) is 7.34. The molecule has 1 aromatic carbocycles. The first-order valence-electron chi connectivity index (χ1n) is 7.12. The van der Waals surface area contributed by atoms with Crippen LogP contribution in [0.5, 0.6) is 0 Å². The molecule has 0 radical (unpaired) electrons. The summed E-state index contributed by atoms with van der Waals surface area (Å²) in [5, 5.41) is 18.3. The topological polar surface area (TPSA) is 109 Å². The normalized spacial score (nSPS) is 10.1. The molecule has 0 spiro atoms. The van der Waals surface area contributed by atoms with Crippen LogP contribution in [0.2, 0.25) is 0 Å². The van der Waals surface area contributed by atoms with Gasteiger partial charge in [0.1, 0.15) is 0 Å². The van der Waals surface area contributed by atoms with E-state index in [2.05, 4.69) is 25.1 Å². The van der Waals surface area contributed by atoms with Crippen LogP contribution >= 0.6 is 11.5 Å². The minimum Gasteiger partial charge on any atom is -0.291 e. The molecule has 0 unspecified atom stereocenters. The molecule has 8 nitrogen and oxygen atoms in total. The number of urea groups is 1. The Kier molecular flexibility index (Phi) is 4.78. The second-order valence-electron chi connectivity index (χ2n) is 4.74. The predicted molar refractivity (Wildman–Crippen MR) is 90.4 cm³/mol. The van der Waals surface area contributed by atoms with Crippen LogP contribution in [0.1, 0.15) is 6.42 Å². The molecule has 0 aliphatic heterocycles. The maximum Gasteiger partial charge on any atom is 0.326 e. The third-order valence-corrected chi connectivity index (χ3v) is 3.64. The van der Waals surface area contributed by atoms with E-state index in [4.69, 9.17) is 5.26 Å². The molecule has 2 amide bonds. The summed E-state index contributed by atoms with van der Waals surface area (Å²) in [4.78, 5) is 16.2. The first kappa shape index (κ1) is 15.6. The summed E-state index contributed by atoms with van der Waals surface area (Å²) >= 11 is 1.10. The number of hydrogen-bond acceptors (Lipinski definition) is 6. The number of aryl methyl sites for hydroxylation is 1. The Morgan fingerprint density at radius 1 is 1.25 bits per heavy atom. The quantitative estimate of drug-likeness (QED) is 0.743. The Morgan fingerprint density at radius 3 is 2.88 bits per heavy atom. The van der Waals surface area contributed by atoms with Crippen LogP contribution in [0.15, 0.2) is 42.6 Å². The lowest BCUT2D eigenvalue weighted by Crippen LogP contribution is -2.19. The van der Waals surface area contributed by atoms with Crippen molar-refractivity contribution < 1.29 is 4.79 Å². The maximum absolute atomic E-state index is 12.0. The number of anilines is 2. The molecule has 0 aliphatic carbocycles. The SMILES string of the molecule is N#CCCn1ccc(NC(=O)Nc2nc(-c3ccccc3)ns2)n1. The predicted octanol–water partition coefficient (Wildman–Crippen LogP) is 2.96. The molecule has 2 aromatic heterocycles. The molecule has 2 N–H and O–H groups in total. The number of amides is 2. The van der Waals surface area contributed by atoms with Gasteiger partial charge < -0.3 is 0 Å². The second-order valence-corrected chi connectivity index (χ2v) is 5.49. The fraction of sp³-hybridized carbons (Fsp3) is 0.133. The fourth-order valence-corrected chi connectivity index (χ4v) is 2.53. The molecule has 0 atom stereocenters. The summed E-state index contributed by atoms with van der Waals surface area (Å²) in [6.45, 7) is 0.483. The Morgan fingerprint density at radius 2 is 2.08 bits per heavy atom. The molecular weight excluding hydrogens is 326 g/mol. The number of nitrogens with one attached hydrogen (secondary N) is 2. The van der Waals surface area contributed by atoms with Crippen molar-refractivity contribution in [2.45, 2.75) is 13.0 Å². The van der Waals surface area contributed by atoms with E-state index >= 15 is 0 Å². The van der Waals surface area contributed by atoms with E-state index in [1.165, 1.54) is 0 Å². The zero-order valence-corrected chi connectivity index (χ0v) is 13.3. The van der Waals surface area contributed by atoms with Crippen molar-refractivity contribution in [2.75, 3.05) is 10.6 Å². The maximum atomic E-state index is 12.0. The van der Waals surface area contributed by atoms with Gasteiger partial charge in [-0.1, -0.05) is 30.3 Å². The highest BCUT2D eigenvalue weighted by Crippen LogP contribution is 2.20. The van der Waals surface area contributed by atoms with Gasteiger partial charge in [-0.2, -0.15) is 19.7 Å². The van der Waals surface area contributed by atoms with E-state index in [0.29, 0.717) is 29.7 Å². The summed E-state index contributed by atoms with van der Waals surface area (Å²) in [5.41, 5.74) is 0.887. The molecular formula is C15H13N7OS. The van der Waals surface area contributed by atoms with Gasteiger partial charge in [-0.15, -0.1) is 0 Å². The van der Waals surface area contributed by atoms with Crippen LogP contribution in [0.4, 0.5) is 15.7 Å². The van der Waals surface area contributed by atoms with Gasteiger partial charge in [-0.3, -0.25) is 15.3 Å². The minimum atomic E-state index is -0.448. The monoisotopic (exact) mass is 339 g/mol. The largest absolute Gasteiger partial charge is 0.326 e. The summed E-state index contributed by atoms with van der Waals surface area (Å²) in [5.74, 6) is 0.968. The van der Waals surface area contributed by atoms with E-state index in [9.17, 15) is 4.79 Å². The van der Waals surface area contributed by atoms with Crippen LogP contribution in [-0.4, -0.2) is 25.2 Å². The lowest BCUT2D eigenvalue weighted by atomic mass is 10.2. The smallest absolute Gasteiger partial charge is 0.291 e. The van der Waals surface area contributed by atoms with Crippen molar-refractivity contribution in [3.05, 3.63) is 42.6 Å². The van der Waals surface area contributed by atoms with Crippen molar-refractivity contribution in [1.82, 2.24) is 19.1 Å². The van der Waals surface area contributed by atoms with Crippen molar-refractivity contribution in [3.63, 3.8) is 0 Å². The molecule has 3 rings (SSSR count). The molecule has 0 bridgehead atoms. The third-order valence-electron chi connectivity index (χ3n) is 3.01. The van der Waals surface area contributed by atoms with E-state index in [-0.39, 0.29) is 0 Å². The first-order valence-corrected chi connectivity index (χ1v) is 7.89.